The predicted molar refractivity (Wildman–Crippen MR) is 61.3 cm³/mol. The predicted octanol–water partition coefficient (Wildman–Crippen LogP) is 3.29. The van der Waals surface area contributed by atoms with E-state index in [1.807, 2.05) is 24.4 Å². The lowest BCUT2D eigenvalue weighted by Gasteiger charge is -2.12. The zero-order chi connectivity index (χ0) is 10.8. The topological polar surface area (TPSA) is 12.0 Å². The third kappa shape index (κ3) is 1.90. The summed E-state index contributed by atoms with van der Waals surface area (Å²) in [6, 6.07) is 3.44. The van der Waals surface area contributed by atoms with Crippen molar-refractivity contribution in [1.29, 1.82) is 0 Å². The molecule has 78 valence electrons. The van der Waals surface area contributed by atoms with Crippen LogP contribution in [0, 0.1) is 12.7 Å². The molecule has 3 heteroatoms. The van der Waals surface area contributed by atoms with E-state index in [0.717, 1.165) is 17.7 Å². The fraction of sp³-hybridized carbons (Fsp3) is 0.167. The Kier molecular flexibility index (Phi) is 2.78. The van der Waals surface area contributed by atoms with Gasteiger partial charge in [0.2, 0.25) is 0 Å². The number of rotatable bonds is 1. The lowest BCUT2D eigenvalue weighted by Crippen LogP contribution is -2.08. The third-order valence-corrected chi connectivity index (χ3v) is 2.76. The summed E-state index contributed by atoms with van der Waals surface area (Å²) in [6.07, 6.45) is 5.82. The lowest BCUT2D eigenvalue weighted by molar-refractivity contribution is 0.618. The van der Waals surface area contributed by atoms with Gasteiger partial charge < -0.3 is 5.32 Å². The lowest BCUT2D eigenvalue weighted by atomic mass is 9.99. The first-order valence-corrected chi connectivity index (χ1v) is 5.13. The average Bonchev–Trinajstić information content (AvgIpc) is 2.27. The highest BCUT2D eigenvalue weighted by molar-refractivity contribution is 6.30. The van der Waals surface area contributed by atoms with Crippen molar-refractivity contribution >= 4 is 17.2 Å². The molecule has 1 heterocycles. The molecule has 1 aliphatic rings. The molecule has 15 heavy (non-hydrogen) atoms. The fourth-order valence-corrected chi connectivity index (χ4v) is 1.82. The van der Waals surface area contributed by atoms with Gasteiger partial charge >= 0.3 is 0 Å². The molecule has 0 aliphatic carbocycles. The highest BCUT2D eigenvalue weighted by Gasteiger charge is 2.10. The Morgan fingerprint density at radius 2 is 2.20 bits per heavy atom. The van der Waals surface area contributed by atoms with Crippen molar-refractivity contribution in [3.63, 3.8) is 0 Å². The van der Waals surface area contributed by atoms with Gasteiger partial charge in [-0.25, -0.2) is 4.39 Å². The van der Waals surface area contributed by atoms with Gasteiger partial charge in [0.1, 0.15) is 5.82 Å². The smallest absolute Gasteiger partial charge is 0.145 e. The van der Waals surface area contributed by atoms with Crippen LogP contribution in [0.3, 0.4) is 0 Å². The Labute approximate surface area is 93.3 Å². The molecule has 0 saturated carbocycles. The summed E-state index contributed by atoms with van der Waals surface area (Å²) < 4.78 is 13.5. The summed E-state index contributed by atoms with van der Waals surface area (Å²) in [5.74, 6) is -0.331. The Hall–Kier alpha value is -1.28. The Morgan fingerprint density at radius 3 is 2.87 bits per heavy atom. The van der Waals surface area contributed by atoms with Crippen LogP contribution in [0.2, 0.25) is 5.02 Å². The van der Waals surface area contributed by atoms with E-state index in [2.05, 4.69) is 5.32 Å². The van der Waals surface area contributed by atoms with Gasteiger partial charge in [-0.2, -0.15) is 0 Å². The molecule has 0 bridgehead atoms. The third-order valence-electron chi connectivity index (χ3n) is 2.47. The van der Waals surface area contributed by atoms with E-state index in [4.69, 9.17) is 11.6 Å². The number of nitrogens with one attached hydrogen (secondary N) is 1. The number of benzene rings is 1. The number of halogens is 2. The molecule has 1 aromatic carbocycles. The quantitative estimate of drug-likeness (QED) is 0.771. The maximum Gasteiger partial charge on any atom is 0.145 e. The zero-order valence-corrected chi connectivity index (χ0v) is 9.11. The molecule has 1 N–H and O–H groups in total. The van der Waals surface area contributed by atoms with E-state index >= 15 is 0 Å². The maximum absolute atomic E-state index is 13.5. The second-order valence-electron chi connectivity index (χ2n) is 3.43. The Balaban J connectivity index is 2.49. The minimum Gasteiger partial charge on any atom is -0.387 e. The molecule has 0 atom stereocenters. The molecule has 2 rings (SSSR count). The van der Waals surface area contributed by atoms with Crippen molar-refractivity contribution < 1.29 is 4.39 Å². The van der Waals surface area contributed by atoms with Crippen LogP contribution >= 0.6 is 11.6 Å². The van der Waals surface area contributed by atoms with Gasteiger partial charge in [0.15, 0.2) is 0 Å². The first kappa shape index (κ1) is 10.2. The molecule has 0 aromatic heterocycles. The number of allylic oxidation sites excluding steroid dienone is 2. The van der Waals surface area contributed by atoms with E-state index < -0.39 is 0 Å². The van der Waals surface area contributed by atoms with Crippen LogP contribution in [-0.2, 0) is 0 Å². The van der Waals surface area contributed by atoms with Gasteiger partial charge in [0.05, 0.1) is 5.02 Å². The zero-order valence-electron chi connectivity index (χ0n) is 8.35. The van der Waals surface area contributed by atoms with E-state index in [-0.39, 0.29) is 10.8 Å². The highest BCUT2D eigenvalue weighted by atomic mass is 35.5. The summed E-state index contributed by atoms with van der Waals surface area (Å²) >= 11 is 5.70. The van der Waals surface area contributed by atoms with E-state index in [1.165, 1.54) is 0 Å². The normalized spacial score (nSPS) is 14.7. The van der Waals surface area contributed by atoms with Gasteiger partial charge in [-0.05, 0) is 42.0 Å². The van der Waals surface area contributed by atoms with Crippen molar-refractivity contribution in [3.8, 4) is 0 Å². The van der Waals surface area contributed by atoms with E-state index in [0.29, 0.717) is 5.56 Å². The first-order chi connectivity index (χ1) is 7.20. The molecule has 0 fully saturated rings. The van der Waals surface area contributed by atoms with Gasteiger partial charge in [-0.3, -0.25) is 0 Å². The molecule has 0 unspecified atom stereocenters. The molecular weight excluding hydrogens is 213 g/mol. The standard InChI is InChI=1S/C12H11ClFN/c1-8-10(2-3-11(13)12(8)14)9-4-6-15-7-5-9/h2-6,15H,7H2,1H3. The first-order valence-electron chi connectivity index (χ1n) is 4.75. The number of dihydropyridines is 1. The summed E-state index contributed by atoms with van der Waals surface area (Å²) in [5, 5.41) is 3.23. The van der Waals surface area contributed by atoms with Crippen LogP contribution in [0.15, 0.2) is 30.5 Å². The Morgan fingerprint density at radius 1 is 1.40 bits per heavy atom. The SMILES string of the molecule is Cc1c(C2=CCNC=C2)ccc(Cl)c1F. The van der Waals surface area contributed by atoms with E-state index in [1.54, 1.807) is 13.0 Å². The van der Waals surface area contributed by atoms with Gasteiger partial charge in [0.25, 0.3) is 0 Å². The second-order valence-corrected chi connectivity index (χ2v) is 3.84. The van der Waals surface area contributed by atoms with Crippen LogP contribution in [0.1, 0.15) is 11.1 Å². The fourth-order valence-electron chi connectivity index (χ4n) is 1.62. The maximum atomic E-state index is 13.5. The molecule has 0 radical (unpaired) electrons. The minimum atomic E-state index is -0.331. The van der Waals surface area contributed by atoms with Crippen LogP contribution in [-0.4, -0.2) is 6.54 Å². The van der Waals surface area contributed by atoms with Crippen LogP contribution in [0.5, 0.6) is 0 Å². The minimum absolute atomic E-state index is 0.176. The summed E-state index contributed by atoms with van der Waals surface area (Å²) in [7, 11) is 0. The average molecular weight is 224 g/mol. The van der Waals surface area contributed by atoms with Crippen molar-refractivity contribution in [3.05, 3.63) is 52.5 Å². The second kappa shape index (κ2) is 4.07. The Bertz CT molecular complexity index is 449. The van der Waals surface area contributed by atoms with Gasteiger partial charge in [-0.15, -0.1) is 0 Å². The molecule has 0 spiro atoms. The largest absolute Gasteiger partial charge is 0.387 e. The van der Waals surface area contributed by atoms with E-state index in [9.17, 15) is 4.39 Å². The summed E-state index contributed by atoms with van der Waals surface area (Å²) in [6.45, 7) is 2.52. The van der Waals surface area contributed by atoms with Gasteiger partial charge in [0, 0.05) is 6.54 Å². The van der Waals surface area contributed by atoms with Crippen LogP contribution in [0.25, 0.3) is 5.57 Å². The van der Waals surface area contributed by atoms with Crippen molar-refractivity contribution in [1.82, 2.24) is 5.32 Å². The van der Waals surface area contributed by atoms with Crippen molar-refractivity contribution in [2.75, 3.05) is 6.54 Å². The summed E-state index contributed by atoms with van der Waals surface area (Å²) in [4.78, 5) is 0. The number of hydrogen-bond donors (Lipinski definition) is 1. The number of hydrogen-bond acceptors (Lipinski definition) is 1. The van der Waals surface area contributed by atoms with Crippen molar-refractivity contribution in [2.24, 2.45) is 0 Å². The molecule has 1 aliphatic heterocycles. The monoisotopic (exact) mass is 223 g/mol. The molecule has 0 saturated heterocycles. The molecule has 1 aromatic rings. The van der Waals surface area contributed by atoms with Crippen LogP contribution in [0.4, 0.5) is 4.39 Å². The van der Waals surface area contributed by atoms with Gasteiger partial charge in [-0.1, -0.05) is 23.7 Å². The summed E-state index contributed by atoms with van der Waals surface area (Å²) in [5.41, 5.74) is 2.52. The molecular formula is C12H11ClFN. The molecule has 1 nitrogen and oxygen atoms in total. The van der Waals surface area contributed by atoms with Crippen LogP contribution < -0.4 is 5.32 Å². The van der Waals surface area contributed by atoms with Crippen molar-refractivity contribution in [2.45, 2.75) is 6.92 Å². The highest BCUT2D eigenvalue weighted by Crippen LogP contribution is 2.27. The molecule has 0 amide bonds.